The summed E-state index contributed by atoms with van der Waals surface area (Å²) in [6, 6.07) is 3.89. The first-order chi connectivity index (χ1) is 10.7. The Morgan fingerprint density at radius 2 is 2.14 bits per heavy atom. The maximum atomic E-state index is 10.0. The van der Waals surface area contributed by atoms with Gasteiger partial charge in [-0.2, -0.15) is 0 Å². The van der Waals surface area contributed by atoms with Gasteiger partial charge in [-0.25, -0.2) is 0 Å². The van der Waals surface area contributed by atoms with Crippen molar-refractivity contribution in [2.45, 2.75) is 43.9 Å². The van der Waals surface area contributed by atoms with Crippen molar-refractivity contribution in [2.75, 3.05) is 20.8 Å². The third-order valence-electron chi connectivity index (χ3n) is 5.73. The summed E-state index contributed by atoms with van der Waals surface area (Å²) < 4.78 is 11.0. The third-order valence-corrected chi connectivity index (χ3v) is 5.73. The predicted octanol–water partition coefficient (Wildman–Crippen LogP) is 2.64. The van der Waals surface area contributed by atoms with Crippen LogP contribution in [0, 0.1) is 0 Å². The van der Waals surface area contributed by atoms with Crippen molar-refractivity contribution >= 4 is 0 Å². The standard InChI is InChI=1S/C18H23NO3/c1-21-15-4-3-14-5-6-19-11-13-7-16(20)17(22-2)8-12(13)9-18(14,19)10-15/h3,7-8,15,20H,4-6,9-11H2,1-2H3/t15-,18+/m0/s1. The fourth-order valence-electron chi connectivity index (χ4n) is 4.55. The molecule has 2 aliphatic heterocycles. The summed E-state index contributed by atoms with van der Waals surface area (Å²) in [7, 11) is 3.43. The highest BCUT2D eigenvalue weighted by Gasteiger charge is 2.50. The van der Waals surface area contributed by atoms with Gasteiger partial charge >= 0.3 is 0 Å². The maximum Gasteiger partial charge on any atom is 0.160 e. The number of hydrogen-bond donors (Lipinski definition) is 1. The van der Waals surface area contributed by atoms with Crippen LogP contribution in [0.3, 0.4) is 0 Å². The van der Waals surface area contributed by atoms with Crippen LogP contribution in [0.4, 0.5) is 0 Å². The van der Waals surface area contributed by atoms with Gasteiger partial charge in [-0.05, 0) is 48.9 Å². The SMILES string of the molecule is COc1cc2c(cc1O)CN1CCC3=CC[C@H](OC)C[C@]31C2. The van der Waals surface area contributed by atoms with Gasteiger partial charge in [-0.1, -0.05) is 11.6 Å². The molecule has 0 unspecified atom stereocenters. The molecule has 1 spiro atoms. The molecule has 1 fully saturated rings. The minimum atomic E-state index is 0.119. The van der Waals surface area contributed by atoms with Crippen LogP contribution in [-0.2, 0) is 17.7 Å². The number of phenolic OH excluding ortho intramolecular Hbond substituents is 1. The van der Waals surface area contributed by atoms with Crippen LogP contribution in [0.2, 0.25) is 0 Å². The maximum absolute atomic E-state index is 10.0. The lowest BCUT2D eigenvalue weighted by molar-refractivity contribution is 0.0273. The number of ether oxygens (including phenoxy) is 2. The average molecular weight is 301 g/mol. The Morgan fingerprint density at radius 3 is 2.91 bits per heavy atom. The molecule has 4 heteroatoms. The normalized spacial score (nSPS) is 30.3. The van der Waals surface area contributed by atoms with Crippen LogP contribution in [0.5, 0.6) is 11.5 Å². The van der Waals surface area contributed by atoms with E-state index in [9.17, 15) is 5.11 Å². The van der Waals surface area contributed by atoms with Crippen LogP contribution in [0.1, 0.15) is 30.4 Å². The van der Waals surface area contributed by atoms with Crippen LogP contribution in [-0.4, -0.2) is 42.4 Å². The second kappa shape index (κ2) is 5.00. The second-order valence-electron chi connectivity index (χ2n) is 6.70. The molecule has 4 rings (SSSR count). The highest BCUT2D eigenvalue weighted by atomic mass is 16.5. The Morgan fingerprint density at radius 1 is 1.27 bits per heavy atom. The first kappa shape index (κ1) is 14.1. The summed E-state index contributed by atoms with van der Waals surface area (Å²) in [5, 5.41) is 10.0. The molecule has 0 bridgehead atoms. The largest absolute Gasteiger partial charge is 0.504 e. The van der Waals surface area contributed by atoms with Crippen molar-refractivity contribution < 1.29 is 14.6 Å². The fourth-order valence-corrected chi connectivity index (χ4v) is 4.55. The van der Waals surface area contributed by atoms with Gasteiger partial charge in [-0.3, -0.25) is 4.90 Å². The molecule has 1 aromatic rings. The van der Waals surface area contributed by atoms with E-state index in [-0.39, 0.29) is 11.3 Å². The van der Waals surface area contributed by atoms with Crippen LogP contribution < -0.4 is 4.74 Å². The highest BCUT2D eigenvalue weighted by Crippen LogP contribution is 2.49. The Bertz CT molecular complexity index is 639. The highest BCUT2D eigenvalue weighted by molar-refractivity contribution is 5.50. The van der Waals surface area contributed by atoms with E-state index in [0.717, 1.165) is 38.8 Å². The van der Waals surface area contributed by atoms with E-state index in [1.807, 2.05) is 19.2 Å². The van der Waals surface area contributed by atoms with E-state index in [4.69, 9.17) is 9.47 Å². The summed E-state index contributed by atoms with van der Waals surface area (Å²) in [5.41, 5.74) is 4.23. The zero-order chi connectivity index (χ0) is 15.3. The van der Waals surface area contributed by atoms with Crippen LogP contribution in [0.15, 0.2) is 23.8 Å². The molecule has 118 valence electrons. The first-order valence-electron chi connectivity index (χ1n) is 8.02. The number of rotatable bonds is 2. The lowest BCUT2D eigenvalue weighted by atomic mass is 9.72. The molecule has 1 aliphatic carbocycles. The van der Waals surface area contributed by atoms with Gasteiger partial charge in [0, 0.05) is 25.7 Å². The van der Waals surface area contributed by atoms with Gasteiger partial charge < -0.3 is 14.6 Å². The van der Waals surface area contributed by atoms with Gasteiger partial charge in [0.2, 0.25) is 0 Å². The molecule has 4 nitrogen and oxygen atoms in total. The Hall–Kier alpha value is -1.52. The van der Waals surface area contributed by atoms with E-state index >= 15 is 0 Å². The van der Waals surface area contributed by atoms with Crippen molar-refractivity contribution in [2.24, 2.45) is 0 Å². The number of benzene rings is 1. The summed E-state index contributed by atoms with van der Waals surface area (Å²) in [4.78, 5) is 2.58. The fraction of sp³-hybridized carbons (Fsp3) is 0.556. The average Bonchev–Trinajstić information content (AvgIpc) is 2.89. The molecule has 2 heterocycles. The number of fused-ring (bicyclic) bond motifs is 1. The molecular formula is C18H23NO3. The number of hydrogen-bond acceptors (Lipinski definition) is 4. The molecule has 1 saturated heterocycles. The number of methoxy groups -OCH3 is 2. The number of aromatic hydroxyl groups is 1. The summed E-state index contributed by atoms with van der Waals surface area (Å²) in [6.45, 7) is 2.01. The zero-order valence-electron chi connectivity index (χ0n) is 13.3. The third kappa shape index (κ3) is 1.90. The van der Waals surface area contributed by atoms with Crippen molar-refractivity contribution in [3.63, 3.8) is 0 Å². The van der Waals surface area contributed by atoms with Crippen molar-refractivity contribution in [1.82, 2.24) is 4.90 Å². The minimum Gasteiger partial charge on any atom is -0.504 e. The van der Waals surface area contributed by atoms with E-state index in [2.05, 4.69) is 11.0 Å². The van der Waals surface area contributed by atoms with Gasteiger partial charge in [0.05, 0.1) is 13.2 Å². The number of nitrogens with zero attached hydrogens (tertiary/aromatic N) is 1. The Balaban J connectivity index is 1.77. The molecule has 0 saturated carbocycles. The second-order valence-corrected chi connectivity index (χ2v) is 6.70. The molecule has 0 aromatic heterocycles. The summed E-state index contributed by atoms with van der Waals surface area (Å²) in [5.74, 6) is 0.816. The minimum absolute atomic E-state index is 0.119. The van der Waals surface area contributed by atoms with Crippen LogP contribution >= 0.6 is 0 Å². The van der Waals surface area contributed by atoms with E-state index in [1.54, 1.807) is 12.7 Å². The van der Waals surface area contributed by atoms with E-state index in [1.165, 1.54) is 11.1 Å². The monoisotopic (exact) mass is 301 g/mol. The molecule has 0 radical (unpaired) electrons. The van der Waals surface area contributed by atoms with Gasteiger partial charge in [-0.15, -0.1) is 0 Å². The predicted molar refractivity (Wildman–Crippen MR) is 84.2 cm³/mol. The van der Waals surface area contributed by atoms with Crippen molar-refractivity contribution in [3.8, 4) is 11.5 Å². The summed E-state index contributed by atoms with van der Waals surface area (Å²) >= 11 is 0. The van der Waals surface area contributed by atoms with Gasteiger partial charge in [0.15, 0.2) is 11.5 Å². The van der Waals surface area contributed by atoms with Crippen molar-refractivity contribution in [1.29, 1.82) is 0 Å². The Kier molecular flexibility index (Phi) is 3.20. The molecule has 3 aliphatic rings. The zero-order valence-corrected chi connectivity index (χ0v) is 13.3. The van der Waals surface area contributed by atoms with E-state index < -0.39 is 0 Å². The first-order valence-corrected chi connectivity index (χ1v) is 8.02. The topological polar surface area (TPSA) is 41.9 Å². The van der Waals surface area contributed by atoms with Crippen LogP contribution in [0.25, 0.3) is 0 Å². The van der Waals surface area contributed by atoms with E-state index in [0.29, 0.717) is 11.9 Å². The molecule has 2 atom stereocenters. The number of phenols is 1. The van der Waals surface area contributed by atoms with Gasteiger partial charge in [0.25, 0.3) is 0 Å². The summed E-state index contributed by atoms with van der Waals surface area (Å²) in [6.07, 6.45) is 6.97. The Labute approximate surface area is 131 Å². The van der Waals surface area contributed by atoms with Gasteiger partial charge in [0.1, 0.15) is 0 Å². The lowest BCUT2D eigenvalue weighted by Gasteiger charge is -2.47. The lowest BCUT2D eigenvalue weighted by Crippen LogP contribution is -2.52. The van der Waals surface area contributed by atoms with Crippen molar-refractivity contribution in [3.05, 3.63) is 34.9 Å². The molecule has 22 heavy (non-hydrogen) atoms. The molecular weight excluding hydrogens is 278 g/mol. The smallest absolute Gasteiger partial charge is 0.160 e. The molecule has 0 amide bonds. The molecule has 1 aromatic carbocycles. The quantitative estimate of drug-likeness (QED) is 0.853. The molecule has 1 N–H and O–H groups in total.